The molecule has 17 heavy (non-hydrogen) atoms. The Morgan fingerprint density at radius 2 is 1.65 bits per heavy atom. The predicted molar refractivity (Wildman–Crippen MR) is 77.0 cm³/mol. The van der Waals surface area contributed by atoms with E-state index in [1.165, 1.54) is 0 Å². The molecule has 2 heteroatoms. The van der Waals surface area contributed by atoms with Crippen LogP contribution in [0, 0.1) is 5.92 Å². The first-order chi connectivity index (χ1) is 8.02. The maximum atomic E-state index is 12.9. The molecule has 0 spiro atoms. The van der Waals surface area contributed by atoms with Crippen LogP contribution < -0.4 is 0 Å². The minimum atomic E-state index is 0.0553. The first-order valence-electron chi connectivity index (χ1n) is 7.14. The Balaban J connectivity index is 0. The van der Waals surface area contributed by atoms with Crippen molar-refractivity contribution >= 4 is 0 Å². The van der Waals surface area contributed by atoms with Crippen LogP contribution in [0.2, 0.25) is 0 Å². The average Bonchev–Trinajstić information content (AvgIpc) is 2.33. The summed E-state index contributed by atoms with van der Waals surface area (Å²) in [6, 6.07) is 0.797. The van der Waals surface area contributed by atoms with Crippen molar-refractivity contribution in [1.29, 1.82) is 0 Å². The molecule has 2 unspecified atom stereocenters. The van der Waals surface area contributed by atoms with Gasteiger partial charge in [0.25, 0.3) is 0 Å². The second kappa shape index (κ2) is 10.8. The van der Waals surface area contributed by atoms with Gasteiger partial charge in [0.2, 0.25) is 0 Å². The van der Waals surface area contributed by atoms with Crippen molar-refractivity contribution in [2.24, 2.45) is 5.92 Å². The average molecular weight is 245 g/mol. The molecule has 0 radical (unpaired) electrons. The number of halogens is 1. The van der Waals surface area contributed by atoms with E-state index in [1.807, 2.05) is 27.7 Å². The molecule has 0 N–H and O–H groups in total. The predicted octanol–water partition coefficient (Wildman–Crippen LogP) is 5.03. The molecule has 1 nitrogen and oxygen atoms in total. The summed E-state index contributed by atoms with van der Waals surface area (Å²) in [6.07, 6.45) is 2.32. The number of rotatable bonds is 2. The molecular formula is C15H32FN. The second-order valence-electron chi connectivity index (χ2n) is 4.33. The molecule has 0 saturated heterocycles. The fourth-order valence-electron chi connectivity index (χ4n) is 1.84. The SMILES string of the molecule is CC.CC.CC(C)C(C)N1CCC(F)=CC1C. The number of hydrogen-bond donors (Lipinski definition) is 0. The Labute approximate surface area is 108 Å². The van der Waals surface area contributed by atoms with Gasteiger partial charge in [-0.25, -0.2) is 4.39 Å². The van der Waals surface area contributed by atoms with Gasteiger partial charge in [-0.2, -0.15) is 0 Å². The molecule has 0 bridgehead atoms. The zero-order valence-electron chi connectivity index (χ0n) is 13.0. The van der Waals surface area contributed by atoms with Crippen LogP contribution in [0.3, 0.4) is 0 Å². The first kappa shape index (κ1) is 19.0. The van der Waals surface area contributed by atoms with Gasteiger partial charge >= 0.3 is 0 Å². The Morgan fingerprint density at radius 1 is 1.18 bits per heavy atom. The third kappa shape index (κ3) is 6.82. The second-order valence-corrected chi connectivity index (χ2v) is 4.33. The molecule has 1 rings (SSSR count). The zero-order valence-corrected chi connectivity index (χ0v) is 13.0. The highest BCUT2D eigenvalue weighted by Crippen LogP contribution is 2.22. The molecule has 1 heterocycles. The van der Waals surface area contributed by atoms with Crippen molar-refractivity contribution in [2.45, 2.75) is 73.9 Å². The number of nitrogens with zero attached hydrogens (tertiary/aromatic N) is 1. The van der Waals surface area contributed by atoms with Crippen LogP contribution in [-0.4, -0.2) is 23.5 Å². The molecule has 0 fully saturated rings. The minimum absolute atomic E-state index is 0.0553. The summed E-state index contributed by atoms with van der Waals surface area (Å²) in [7, 11) is 0. The molecule has 0 aromatic rings. The summed E-state index contributed by atoms with van der Waals surface area (Å²) in [5.74, 6) is 0.691. The topological polar surface area (TPSA) is 3.24 Å². The zero-order chi connectivity index (χ0) is 14.0. The van der Waals surface area contributed by atoms with Crippen molar-refractivity contribution in [3.05, 3.63) is 11.9 Å². The first-order valence-corrected chi connectivity index (χ1v) is 7.14. The van der Waals surface area contributed by atoms with Gasteiger partial charge in [0.15, 0.2) is 0 Å². The van der Waals surface area contributed by atoms with Crippen LogP contribution in [0.1, 0.15) is 61.8 Å². The molecule has 0 amide bonds. The van der Waals surface area contributed by atoms with Gasteiger partial charge in [-0.05, 0) is 25.8 Å². The molecule has 0 aromatic carbocycles. The summed E-state index contributed by atoms with van der Waals surface area (Å²) in [5.41, 5.74) is 0. The summed E-state index contributed by atoms with van der Waals surface area (Å²) < 4.78 is 12.9. The van der Waals surface area contributed by atoms with E-state index >= 15 is 0 Å². The molecule has 0 aromatic heterocycles. The van der Waals surface area contributed by atoms with Crippen molar-refractivity contribution in [1.82, 2.24) is 4.90 Å². The largest absolute Gasteiger partial charge is 0.294 e. The van der Waals surface area contributed by atoms with Gasteiger partial charge < -0.3 is 0 Å². The third-order valence-electron chi connectivity index (χ3n) is 3.04. The lowest BCUT2D eigenvalue weighted by Gasteiger charge is -2.37. The van der Waals surface area contributed by atoms with Gasteiger partial charge in [-0.3, -0.25) is 4.90 Å². The Morgan fingerprint density at radius 3 is 2.00 bits per heavy atom. The Bertz CT molecular complexity index is 199. The molecule has 2 atom stereocenters. The van der Waals surface area contributed by atoms with E-state index in [4.69, 9.17) is 0 Å². The quantitative estimate of drug-likeness (QED) is 0.659. The van der Waals surface area contributed by atoms with E-state index in [1.54, 1.807) is 6.08 Å². The highest BCUT2D eigenvalue weighted by Gasteiger charge is 2.24. The molecular weight excluding hydrogens is 213 g/mol. The molecule has 104 valence electrons. The van der Waals surface area contributed by atoms with Crippen LogP contribution in [0.25, 0.3) is 0 Å². The molecule has 0 aliphatic carbocycles. The Kier molecular flexibility index (Phi) is 12.0. The van der Waals surface area contributed by atoms with E-state index in [0.717, 1.165) is 6.54 Å². The molecule has 0 saturated carbocycles. The van der Waals surface area contributed by atoms with E-state index in [0.29, 0.717) is 18.4 Å². The fourth-order valence-corrected chi connectivity index (χ4v) is 1.84. The van der Waals surface area contributed by atoms with Crippen LogP contribution in [0.15, 0.2) is 11.9 Å². The normalized spacial score (nSPS) is 21.8. The summed E-state index contributed by atoms with van der Waals surface area (Å²) >= 11 is 0. The van der Waals surface area contributed by atoms with E-state index in [-0.39, 0.29) is 11.9 Å². The van der Waals surface area contributed by atoms with E-state index in [2.05, 4.69) is 32.6 Å². The molecule has 1 aliphatic heterocycles. The summed E-state index contributed by atoms with van der Waals surface area (Å²) in [4.78, 5) is 2.37. The maximum Gasteiger partial charge on any atom is 0.0988 e. The summed E-state index contributed by atoms with van der Waals surface area (Å²) in [5, 5.41) is 0. The highest BCUT2D eigenvalue weighted by atomic mass is 19.1. The lowest BCUT2D eigenvalue weighted by atomic mass is 10.00. The smallest absolute Gasteiger partial charge is 0.0988 e. The van der Waals surface area contributed by atoms with Gasteiger partial charge in [0, 0.05) is 25.0 Å². The standard InChI is InChI=1S/C11H20FN.2C2H6/c1-8(2)10(4)13-6-5-11(12)7-9(13)3;2*1-2/h7-10H,5-6H2,1-4H3;2*1-2H3. The van der Waals surface area contributed by atoms with Crippen LogP contribution >= 0.6 is 0 Å². The van der Waals surface area contributed by atoms with Gasteiger partial charge in [0.05, 0.1) is 5.83 Å². The van der Waals surface area contributed by atoms with E-state index in [9.17, 15) is 4.39 Å². The van der Waals surface area contributed by atoms with E-state index < -0.39 is 0 Å². The lowest BCUT2D eigenvalue weighted by Crippen LogP contribution is -2.44. The van der Waals surface area contributed by atoms with Crippen LogP contribution in [-0.2, 0) is 0 Å². The summed E-state index contributed by atoms with van der Waals surface area (Å²) in [6.45, 7) is 17.6. The minimum Gasteiger partial charge on any atom is -0.294 e. The van der Waals surface area contributed by atoms with Crippen LogP contribution in [0.4, 0.5) is 4.39 Å². The maximum absolute atomic E-state index is 12.9. The Hall–Kier alpha value is -0.370. The van der Waals surface area contributed by atoms with Gasteiger partial charge in [-0.15, -0.1) is 0 Å². The third-order valence-corrected chi connectivity index (χ3v) is 3.04. The van der Waals surface area contributed by atoms with Crippen molar-refractivity contribution in [2.75, 3.05) is 6.54 Å². The monoisotopic (exact) mass is 245 g/mol. The van der Waals surface area contributed by atoms with Crippen molar-refractivity contribution in [3.8, 4) is 0 Å². The lowest BCUT2D eigenvalue weighted by molar-refractivity contribution is 0.132. The van der Waals surface area contributed by atoms with Gasteiger partial charge in [-0.1, -0.05) is 41.5 Å². The number of hydrogen-bond acceptors (Lipinski definition) is 1. The van der Waals surface area contributed by atoms with Crippen molar-refractivity contribution in [3.63, 3.8) is 0 Å². The molecule has 1 aliphatic rings. The van der Waals surface area contributed by atoms with Crippen molar-refractivity contribution < 1.29 is 4.39 Å². The highest BCUT2D eigenvalue weighted by molar-refractivity contribution is 5.04. The van der Waals surface area contributed by atoms with Gasteiger partial charge in [0.1, 0.15) is 0 Å². The van der Waals surface area contributed by atoms with Crippen LogP contribution in [0.5, 0.6) is 0 Å². The fraction of sp³-hybridized carbons (Fsp3) is 0.867.